The number of amides is 1. The number of fused-ring (bicyclic) bond motifs is 1. The number of imidazole rings is 1. The van der Waals surface area contributed by atoms with Gasteiger partial charge in [0.25, 0.3) is 0 Å². The number of benzene rings is 1. The predicted molar refractivity (Wildman–Crippen MR) is 117 cm³/mol. The highest BCUT2D eigenvalue weighted by Crippen LogP contribution is 2.42. The van der Waals surface area contributed by atoms with E-state index in [1.54, 1.807) is 47.2 Å². The minimum Gasteiger partial charge on any atom is -0.340 e. The lowest BCUT2D eigenvalue weighted by Gasteiger charge is -2.43. The summed E-state index contributed by atoms with van der Waals surface area (Å²) < 4.78 is 15.2. The van der Waals surface area contributed by atoms with Crippen molar-refractivity contribution in [1.82, 2.24) is 19.5 Å². The monoisotopic (exact) mass is 420 g/mol. The first-order valence-electron chi connectivity index (χ1n) is 10.7. The van der Waals surface area contributed by atoms with Crippen LogP contribution in [0, 0.1) is 11.7 Å². The molecule has 3 aromatic rings. The molecule has 1 aliphatic carbocycles. The molecule has 0 saturated heterocycles. The second-order valence-corrected chi connectivity index (χ2v) is 8.31. The van der Waals surface area contributed by atoms with Gasteiger partial charge in [-0.15, -0.1) is 0 Å². The van der Waals surface area contributed by atoms with Gasteiger partial charge in [-0.25, -0.2) is 14.4 Å². The summed E-state index contributed by atoms with van der Waals surface area (Å²) in [4.78, 5) is 30.8. The molecule has 0 bridgehead atoms. The molecule has 1 aromatic carbocycles. The van der Waals surface area contributed by atoms with Crippen LogP contribution in [0.15, 0.2) is 42.9 Å². The molecule has 2 aromatic heterocycles. The fourth-order valence-electron chi connectivity index (χ4n) is 4.44. The van der Waals surface area contributed by atoms with Crippen molar-refractivity contribution >= 4 is 17.4 Å². The van der Waals surface area contributed by atoms with Crippen molar-refractivity contribution in [2.75, 3.05) is 16.8 Å². The van der Waals surface area contributed by atoms with Crippen molar-refractivity contribution < 1.29 is 9.18 Å². The van der Waals surface area contributed by atoms with Gasteiger partial charge in [0.15, 0.2) is 5.82 Å². The number of rotatable bonds is 5. The summed E-state index contributed by atoms with van der Waals surface area (Å²) in [6.45, 7) is 4.23. The van der Waals surface area contributed by atoms with Crippen LogP contribution in [0.4, 0.5) is 15.9 Å². The van der Waals surface area contributed by atoms with E-state index in [4.69, 9.17) is 4.98 Å². The van der Waals surface area contributed by atoms with Crippen LogP contribution < -0.4 is 9.80 Å². The fourth-order valence-corrected chi connectivity index (χ4v) is 4.44. The Morgan fingerprint density at radius 1 is 1.19 bits per heavy atom. The molecule has 2 atom stereocenters. The SMILES string of the molecule is CC[C@@H]1C(=O)N(C)c2cnc(-n3ccnc3-c3ccc(F)cc3)nc2N1C(C)C1CC1. The number of carbonyl (C=O) groups excluding carboxylic acids is 1. The topological polar surface area (TPSA) is 67.2 Å². The Labute approximate surface area is 180 Å². The lowest BCUT2D eigenvalue weighted by molar-refractivity contribution is -0.120. The minimum absolute atomic E-state index is 0.0773. The van der Waals surface area contributed by atoms with Gasteiger partial charge in [-0.1, -0.05) is 6.92 Å². The average Bonchev–Trinajstić information content (AvgIpc) is 3.52. The van der Waals surface area contributed by atoms with Gasteiger partial charge < -0.3 is 9.80 Å². The number of carbonyl (C=O) groups is 1. The number of likely N-dealkylation sites (N-methyl/N-ethyl adjacent to an activating group) is 1. The van der Waals surface area contributed by atoms with Gasteiger partial charge in [-0.05, 0) is 56.4 Å². The Hall–Kier alpha value is -3.29. The number of aromatic nitrogens is 4. The van der Waals surface area contributed by atoms with Crippen LogP contribution in [0.1, 0.15) is 33.1 Å². The van der Waals surface area contributed by atoms with Crippen molar-refractivity contribution in [3.8, 4) is 17.3 Å². The molecule has 1 unspecified atom stereocenters. The molecule has 8 heteroatoms. The van der Waals surface area contributed by atoms with E-state index in [2.05, 4.69) is 21.8 Å². The van der Waals surface area contributed by atoms with Gasteiger partial charge in [-0.2, -0.15) is 4.98 Å². The van der Waals surface area contributed by atoms with Crippen LogP contribution in [0.5, 0.6) is 0 Å². The quantitative estimate of drug-likeness (QED) is 0.628. The maximum Gasteiger partial charge on any atom is 0.249 e. The van der Waals surface area contributed by atoms with Gasteiger partial charge in [0.1, 0.15) is 23.4 Å². The molecule has 5 rings (SSSR count). The second kappa shape index (κ2) is 7.44. The highest BCUT2D eigenvalue weighted by molar-refractivity contribution is 6.04. The molecule has 1 fully saturated rings. The number of hydrogen-bond donors (Lipinski definition) is 0. The number of nitrogens with zero attached hydrogens (tertiary/aromatic N) is 6. The standard InChI is InChI=1S/C23H25FN6O/c1-4-18-22(31)28(3)19-13-26-23(27-21(19)30(18)14(2)15-5-6-15)29-12-11-25-20(29)16-7-9-17(24)10-8-16/h7-15,18H,4-6H2,1-3H3/t14?,18-/m1/s1. The molecule has 0 radical (unpaired) electrons. The molecule has 7 nitrogen and oxygen atoms in total. The third kappa shape index (κ3) is 3.26. The first-order valence-corrected chi connectivity index (χ1v) is 10.7. The van der Waals surface area contributed by atoms with Crippen molar-refractivity contribution in [3.63, 3.8) is 0 Å². The molecule has 160 valence electrons. The summed E-state index contributed by atoms with van der Waals surface area (Å²) >= 11 is 0. The highest BCUT2D eigenvalue weighted by Gasteiger charge is 2.43. The van der Waals surface area contributed by atoms with Crippen molar-refractivity contribution in [1.29, 1.82) is 0 Å². The van der Waals surface area contributed by atoms with E-state index in [9.17, 15) is 9.18 Å². The molecule has 1 amide bonds. The van der Waals surface area contributed by atoms with Crippen LogP contribution in [0.25, 0.3) is 17.3 Å². The summed E-state index contributed by atoms with van der Waals surface area (Å²) in [6.07, 6.45) is 8.26. The smallest absolute Gasteiger partial charge is 0.249 e. The Balaban J connectivity index is 1.62. The Morgan fingerprint density at radius 3 is 2.61 bits per heavy atom. The first-order chi connectivity index (χ1) is 15.0. The summed E-state index contributed by atoms with van der Waals surface area (Å²) in [7, 11) is 1.78. The minimum atomic E-state index is -0.296. The van der Waals surface area contributed by atoms with Gasteiger partial charge in [0, 0.05) is 31.0 Å². The van der Waals surface area contributed by atoms with Gasteiger partial charge >= 0.3 is 0 Å². The molecule has 1 saturated carbocycles. The molecule has 2 aliphatic rings. The van der Waals surface area contributed by atoms with E-state index in [-0.39, 0.29) is 23.8 Å². The first kappa shape index (κ1) is 19.7. The number of anilines is 2. The van der Waals surface area contributed by atoms with Crippen LogP contribution in [-0.2, 0) is 4.79 Å². The molecule has 31 heavy (non-hydrogen) atoms. The lowest BCUT2D eigenvalue weighted by atomic mass is 10.0. The average molecular weight is 420 g/mol. The van der Waals surface area contributed by atoms with E-state index in [1.807, 2.05) is 6.92 Å². The zero-order valence-corrected chi connectivity index (χ0v) is 17.9. The van der Waals surface area contributed by atoms with Crippen LogP contribution in [-0.4, -0.2) is 44.6 Å². The van der Waals surface area contributed by atoms with E-state index in [1.165, 1.54) is 25.0 Å². The third-order valence-electron chi connectivity index (χ3n) is 6.38. The summed E-state index contributed by atoms with van der Waals surface area (Å²) in [6, 6.07) is 6.18. The maximum absolute atomic E-state index is 13.4. The van der Waals surface area contributed by atoms with E-state index < -0.39 is 0 Å². The number of halogens is 1. The molecule has 3 heterocycles. The zero-order chi connectivity index (χ0) is 21.7. The second-order valence-electron chi connectivity index (χ2n) is 8.31. The zero-order valence-electron chi connectivity index (χ0n) is 17.9. The largest absolute Gasteiger partial charge is 0.340 e. The number of hydrogen-bond acceptors (Lipinski definition) is 5. The normalized spacial score (nSPS) is 19.5. The summed E-state index contributed by atoms with van der Waals surface area (Å²) in [5, 5.41) is 0. The lowest BCUT2D eigenvalue weighted by Crippen LogP contribution is -2.56. The van der Waals surface area contributed by atoms with Gasteiger partial charge in [0.2, 0.25) is 11.9 Å². The molecule has 1 aliphatic heterocycles. The van der Waals surface area contributed by atoms with E-state index in [0.717, 1.165) is 17.1 Å². The fraction of sp³-hybridized carbons (Fsp3) is 0.391. The van der Waals surface area contributed by atoms with E-state index >= 15 is 0 Å². The third-order valence-corrected chi connectivity index (χ3v) is 6.38. The van der Waals surface area contributed by atoms with Crippen molar-refractivity contribution in [2.45, 2.75) is 45.2 Å². The Morgan fingerprint density at radius 2 is 1.94 bits per heavy atom. The Kier molecular flexibility index (Phi) is 4.72. The van der Waals surface area contributed by atoms with Crippen LogP contribution >= 0.6 is 0 Å². The highest BCUT2D eigenvalue weighted by atomic mass is 19.1. The van der Waals surface area contributed by atoms with Gasteiger partial charge in [-0.3, -0.25) is 9.36 Å². The van der Waals surface area contributed by atoms with Crippen LogP contribution in [0.3, 0.4) is 0 Å². The summed E-state index contributed by atoms with van der Waals surface area (Å²) in [5.74, 6) is 2.25. The molecular weight excluding hydrogens is 395 g/mol. The van der Waals surface area contributed by atoms with Crippen molar-refractivity contribution in [2.24, 2.45) is 5.92 Å². The Bertz CT molecular complexity index is 1120. The van der Waals surface area contributed by atoms with Gasteiger partial charge in [0.05, 0.1) is 6.20 Å². The predicted octanol–water partition coefficient (Wildman–Crippen LogP) is 3.83. The molecular formula is C23H25FN6O. The summed E-state index contributed by atoms with van der Waals surface area (Å²) in [5.41, 5.74) is 1.49. The maximum atomic E-state index is 13.4. The van der Waals surface area contributed by atoms with Crippen molar-refractivity contribution in [3.05, 3.63) is 48.7 Å². The molecule has 0 spiro atoms. The van der Waals surface area contributed by atoms with E-state index in [0.29, 0.717) is 24.1 Å². The van der Waals surface area contributed by atoms with Crippen LogP contribution in [0.2, 0.25) is 0 Å². The molecule has 0 N–H and O–H groups in total.